The Hall–Kier alpha value is -1.66. The van der Waals surface area contributed by atoms with E-state index in [4.69, 9.17) is 11.6 Å². The third kappa shape index (κ3) is 2.72. The van der Waals surface area contributed by atoms with Crippen LogP contribution in [0.1, 0.15) is 5.56 Å². The first-order valence-electron chi connectivity index (χ1n) is 5.38. The van der Waals surface area contributed by atoms with E-state index in [2.05, 4.69) is 25.6 Å². The van der Waals surface area contributed by atoms with Gasteiger partial charge in [-0.25, -0.2) is 0 Å². The molecule has 0 amide bonds. The minimum Gasteiger partial charge on any atom is -0.0852 e. The van der Waals surface area contributed by atoms with Gasteiger partial charge in [-0.05, 0) is 36.2 Å². The first kappa shape index (κ1) is 11.8. The topological polar surface area (TPSA) is 0 Å². The van der Waals surface area contributed by atoms with E-state index in [1.807, 2.05) is 42.8 Å². The number of hydrogen-bond acceptors (Lipinski definition) is 0. The quantitative estimate of drug-likeness (QED) is 0.656. The molecule has 0 saturated carbocycles. The van der Waals surface area contributed by atoms with E-state index in [1.165, 1.54) is 0 Å². The second-order valence-electron chi connectivity index (χ2n) is 3.85. The molecule has 0 aromatic heterocycles. The molecule has 17 heavy (non-hydrogen) atoms. The molecule has 0 unspecified atom stereocenters. The first-order chi connectivity index (χ1) is 8.18. The normalized spacial score (nSPS) is 17.2. The number of benzene rings is 1. The second-order valence-corrected chi connectivity index (χ2v) is 4.29. The molecule has 0 spiro atoms. The van der Waals surface area contributed by atoms with Crippen molar-refractivity contribution in [3.8, 4) is 0 Å². The van der Waals surface area contributed by atoms with Gasteiger partial charge in [-0.15, -0.1) is 0 Å². The predicted molar refractivity (Wildman–Crippen MR) is 75.2 cm³/mol. The summed E-state index contributed by atoms with van der Waals surface area (Å²) in [6, 6.07) is 10.1. The van der Waals surface area contributed by atoms with Crippen LogP contribution in [0.5, 0.6) is 0 Å². The lowest BCUT2D eigenvalue weighted by molar-refractivity contribution is 1.47. The predicted octanol–water partition coefficient (Wildman–Crippen LogP) is 4.73. The zero-order chi connectivity index (χ0) is 12.3. The highest BCUT2D eigenvalue weighted by molar-refractivity contribution is 6.31. The van der Waals surface area contributed by atoms with Crippen LogP contribution in [0, 0.1) is 13.3 Å². The average Bonchev–Trinajstić information content (AvgIpc) is 2.33. The molecule has 0 N–H and O–H groups in total. The van der Waals surface area contributed by atoms with Crippen LogP contribution in [0.25, 0.3) is 5.57 Å². The van der Waals surface area contributed by atoms with Crippen LogP contribution in [0.15, 0.2) is 71.3 Å². The molecular formula is C16H13Cl+. The fourth-order valence-electron chi connectivity index (χ4n) is 1.80. The molecule has 0 heterocycles. The van der Waals surface area contributed by atoms with Crippen molar-refractivity contribution in [3.05, 3.63) is 90.2 Å². The van der Waals surface area contributed by atoms with E-state index in [0.717, 1.165) is 27.3 Å². The fourth-order valence-corrected chi connectivity index (χ4v) is 1.92. The van der Waals surface area contributed by atoms with Crippen molar-refractivity contribution in [2.75, 3.05) is 0 Å². The van der Waals surface area contributed by atoms with Crippen LogP contribution in [-0.2, 0) is 0 Å². The Morgan fingerprint density at radius 2 is 1.82 bits per heavy atom. The standard InChI is InChI=1S/C16H13Cl/c1-12(2)16(13-6-4-3-5-7-13)14-8-10-15(17)11-9-14/h3-11H,1-2H2/q+1. The molecule has 0 bridgehead atoms. The monoisotopic (exact) mass is 240 g/mol. The number of halogens is 1. The van der Waals surface area contributed by atoms with Crippen LogP contribution in [0.4, 0.5) is 0 Å². The molecule has 83 valence electrons. The number of allylic oxidation sites excluding steroid dienone is 7. The zero-order valence-electron chi connectivity index (χ0n) is 9.49. The van der Waals surface area contributed by atoms with Crippen LogP contribution in [0.2, 0.25) is 0 Å². The molecule has 0 atom stereocenters. The van der Waals surface area contributed by atoms with Crippen LogP contribution >= 0.6 is 11.6 Å². The summed E-state index contributed by atoms with van der Waals surface area (Å²) in [5.41, 5.74) is 4.07. The largest absolute Gasteiger partial charge is 0.119 e. The lowest BCUT2D eigenvalue weighted by Crippen LogP contribution is -1.94. The second kappa shape index (κ2) is 5.11. The van der Waals surface area contributed by atoms with Crippen molar-refractivity contribution in [3.63, 3.8) is 0 Å². The number of hydrogen-bond donors (Lipinski definition) is 0. The van der Waals surface area contributed by atoms with Gasteiger partial charge in [-0.3, -0.25) is 0 Å². The Morgan fingerprint density at radius 3 is 2.35 bits per heavy atom. The summed E-state index contributed by atoms with van der Waals surface area (Å²) in [5, 5.41) is 0.732. The highest BCUT2D eigenvalue weighted by Crippen LogP contribution is 2.30. The van der Waals surface area contributed by atoms with E-state index in [1.54, 1.807) is 0 Å². The molecule has 0 aliphatic heterocycles. The molecule has 2 rings (SSSR count). The Kier molecular flexibility index (Phi) is 3.55. The van der Waals surface area contributed by atoms with Crippen molar-refractivity contribution in [1.82, 2.24) is 0 Å². The highest BCUT2D eigenvalue weighted by Gasteiger charge is 2.17. The maximum Gasteiger partial charge on any atom is 0.119 e. The van der Waals surface area contributed by atoms with E-state index in [-0.39, 0.29) is 0 Å². The molecule has 1 aliphatic carbocycles. The third-order valence-corrected chi connectivity index (χ3v) is 2.80. The van der Waals surface area contributed by atoms with Gasteiger partial charge in [0.15, 0.2) is 0 Å². The zero-order valence-corrected chi connectivity index (χ0v) is 10.2. The first-order valence-corrected chi connectivity index (χ1v) is 5.76. The maximum absolute atomic E-state index is 5.89. The fraction of sp³-hybridized carbons (Fsp3) is 0. The van der Waals surface area contributed by atoms with E-state index < -0.39 is 0 Å². The minimum absolute atomic E-state index is 0.732. The molecule has 1 radical (unpaired) electrons. The van der Waals surface area contributed by atoms with Gasteiger partial charge in [-0.1, -0.05) is 24.8 Å². The Labute approximate surface area is 108 Å². The summed E-state index contributed by atoms with van der Waals surface area (Å²) < 4.78 is 0. The van der Waals surface area contributed by atoms with E-state index in [9.17, 15) is 0 Å². The van der Waals surface area contributed by atoms with Gasteiger partial charge in [0.25, 0.3) is 0 Å². The SMILES string of the molecule is [CH2]C(=C)/C(=C1/C=CC(Cl)=C[CH+]1)c1ccccc1. The summed E-state index contributed by atoms with van der Waals surface area (Å²) in [6.45, 7) is 7.90. The summed E-state index contributed by atoms with van der Waals surface area (Å²) in [5.74, 6) is 0. The van der Waals surface area contributed by atoms with Gasteiger partial charge >= 0.3 is 0 Å². The number of rotatable bonds is 2. The van der Waals surface area contributed by atoms with Crippen molar-refractivity contribution in [2.45, 2.75) is 0 Å². The van der Waals surface area contributed by atoms with Gasteiger partial charge in [-0.2, -0.15) is 0 Å². The summed E-state index contributed by atoms with van der Waals surface area (Å²) in [7, 11) is 0. The molecule has 1 heteroatoms. The Bertz CT molecular complexity index is 516. The summed E-state index contributed by atoms with van der Waals surface area (Å²) in [4.78, 5) is 0. The molecule has 0 saturated heterocycles. The van der Waals surface area contributed by atoms with Crippen LogP contribution in [-0.4, -0.2) is 0 Å². The lowest BCUT2D eigenvalue weighted by atomic mass is 9.91. The van der Waals surface area contributed by atoms with E-state index >= 15 is 0 Å². The molecule has 0 fully saturated rings. The molecule has 1 aromatic carbocycles. The van der Waals surface area contributed by atoms with Crippen molar-refractivity contribution < 1.29 is 0 Å². The van der Waals surface area contributed by atoms with Gasteiger partial charge in [0, 0.05) is 30.2 Å². The molecule has 0 nitrogen and oxygen atoms in total. The van der Waals surface area contributed by atoms with Gasteiger partial charge < -0.3 is 0 Å². The Balaban J connectivity index is 2.48. The van der Waals surface area contributed by atoms with Crippen molar-refractivity contribution in [1.29, 1.82) is 0 Å². The smallest absolute Gasteiger partial charge is 0.0852 e. The lowest BCUT2D eigenvalue weighted by Gasteiger charge is -2.07. The van der Waals surface area contributed by atoms with Gasteiger partial charge in [0.2, 0.25) is 0 Å². The highest BCUT2D eigenvalue weighted by atomic mass is 35.5. The van der Waals surface area contributed by atoms with Crippen molar-refractivity contribution in [2.24, 2.45) is 0 Å². The summed E-state index contributed by atoms with van der Waals surface area (Å²) in [6.07, 6.45) is 7.73. The van der Waals surface area contributed by atoms with Gasteiger partial charge in [0.05, 0.1) is 5.57 Å². The molecule has 1 aromatic rings. The van der Waals surface area contributed by atoms with Crippen molar-refractivity contribution >= 4 is 17.2 Å². The third-order valence-electron chi connectivity index (χ3n) is 2.55. The van der Waals surface area contributed by atoms with Crippen LogP contribution < -0.4 is 0 Å². The van der Waals surface area contributed by atoms with Crippen LogP contribution in [0.3, 0.4) is 0 Å². The molecular weight excluding hydrogens is 228 g/mol. The minimum atomic E-state index is 0.732. The maximum atomic E-state index is 5.89. The van der Waals surface area contributed by atoms with E-state index in [0.29, 0.717) is 0 Å². The molecule has 1 aliphatic rings. The summed E-state index contributed by atoms with van der Waals surface area (Å²) >= 11 is 5.89. The average molecular weight is 241 g/mol. The van der Waals surface area contributed by atoms with Gasteiger partial charge in [0.1, 0.15) is 10.6 Å². The Morgan fingerprint density at radius 1 is 1.12 bits per heavy atom.